The van der Waals surface area contributed by atoms with Crippen molar-refractivity contribution in [3.63, 3.8) is 0 Å². The molecule has 1 saturated heterocycles. The zero-order valence-corrected chi connectivity index (χ0v) is 10.7. The summed E-state index contributed by atoms with van der Waals surface area (Å²) in [5.74, 6) is 0. The molecule has 0 saturated carbocycles. The topological polar surface area (TPSA) is 99.4 Å². The van der Waals surface area contributed by atoms with Crippen LogP contribution in [-0.4, -0.2) is 64.3 Å². The second-order valence-electron chi connectivity index (χ2n) is 4.63. The first-order valence-corrected chi connectivity index (χ1v) is 6.54. The van der Waals surface area contributed by atoms with Gasteiger partial charge in [-0.2, -0.15) is 0 Å². The minimum Gasteiger partial charge on any atom is -0.394 e. The van der Waals surface area contributed by atoms with E-state index in [1.807, 2.05) is 0 Å². The molecule has 6 heteroatoms. The van der Waals surface area contributed by atoms with Crippen molar-refractivity contribution in [2.45, 2.75) is 63.3 Å². The van der Waals surface area contributed by atoms with Crippen LogP contribution < -0.4 is 0 Å². The van der Waals surface area contributed by atoms with E-state index in [-0.39, 0.29) is 0 Å². The van der Waals surface area contributed by atoms with E-state index < -0.39 is 37.3 Å². The van der Waals surface area contributed by atoms with Crippen LogP contribution in [0.15, 0.2) is 0 Å². The molecule has 1 aliphatic rings. The molecule has 4 N–H and O–H groups in total. The lowest BCUT2D eigenvalue weighted by molar-refractivity contribution is -0.301. The van der Waals surface area contributed by atoms with Gasteiger partial charge in [-0.25, -0.2) is 0 Å². The van der Waals surface area contributed by atoms with Gasteiger partial charge in [-0.1, -0.05) is 26.2 Å². The number of unbranched alkanes of at least 4 members (excludes halogenated alkanes) is 3. The molecule has 0 radical (unpaired) electrons. The van der Waals surface area contributed by atoms with Gasteiger partial charge in [-0.3, -0.25) is 0 Å². The van der Waals surface area contributed by atoms with E-state index in [0.29, 0.717) is 6.61 Å². The fourth-order valence-corrected chi connectivity index (χ4v) is 1.93. The molecule has 0 spiro atoms. The number of aliphatic hydroxyl groups is 4. The molecule has 0 bridgehead atoms. The van der Waals surface area contributed by atoms with Crippen molar-refractivity contribution in [2.24, 2.45) is 0 Å². The smallest absolute Gasteiger partial charge is 0.186 e. The van der Waals surface area contributed by atoms with E-state index in [1.54, 1.807) is 0 Å². The maximum atomic E-state index is 9.68. The summed E-state index contributed by atoms with van der Waals surface area (Å²) in [6.45, 7) is 2.10. The molecule has 1 fully saturated rings. The summed E-state index contributed by atoms with van der Waals surface area (Å²) < 4.78 is 10.5. The van der Waals surface area contributed by atoms with Crippen molar-refractivity contribution < 1.29 is 29.9 Å². The highest BCUT2D eigenvalue weighted by Gasteiger charge is 2.43. The van der Waals surface area contributed by atoms with Crippen molar-refractivity contribution in [2.75, 3.05) is 13.2 Å². The van der Waals surface area contributed by atoms with Gasteiger partial charge in [0.2, 0.25) is 0 Å². The molecule has 1 heterocycles. The monoisotopic (exact) mass is 264 g/mol. The molecule has 5 atom stereocenters. The SMILES string of the molecule is CCCCCCO[C@@H]1O[C@H](CO)[C@H](O)[C@@H](O)[C@@H]1O. The van der Waals surface area contributed by atoms with E-state index >= 15 is 0 Å². The summed E-state index contributed by atoms with van der Waals surface area (Å²) in [6.07, 6.45) is -1.75. The van der Waals surface area contributed by atoms with E-state index in [2.05, 4.69) is 6.92 Å². The van der Waals surface area contributed by atoms with Crippen LogP contribution in [-0.2, 0) is 9.47 Å². The predicted molar refractivity (Wildman–Crippen MR) is 63.9 cm³/mol. The normalized spacial score (nSPS) is 36.8. The molecule has 0 unspecified atom stereocenters. The van der Waals surface area contributed by atoms with Gasteiger partial charge in [0.1, 0.15) is 24.4 Å². The number of hydrogen-bond acceptors (Lipinski definition) is 6. The second kappa shape index (κ2) is 8.04. The van der Waals surface area contributed by atoms with Crippen molar-refractivity contribution >= 4 is 0 Å². The average molecular weight is 264 g/mol. The third kappa shape index (κ3) is 4.15. The van der Waals surface area contributed by atoms with E-state index in [4.69, 9.17) is 14.6 Å². The summed E-state index contributed by atoms with van der Waals surface area (Å²) >= 11 is 0. The molecule has 0 aromatic heterocycles. The summed E-state index contributed by atoms with van der Waals surface area (Å²) in [5.41, 5.74) is 0. The number of rotatable bonds is 7. The minimum atomic E-state index is -1.36. The van der Waals surface area contributed by atoms with Crippen molar-refractivity contribution in [1.82, 2.24) is 0 Å². The molecule has 18 heavy (non-hydrogen) atoms. The quantitative estimate of drug-likeness (QED) is 0.458. The highest BCUT2D eigenvalue weighted by molar-refractivity contribution is 4.88. The van der Waals surface area contributed by atoms with Crippen LogP contribution in [0.4, 0.5) is 0 Å². The van der Waals surface area contributed by atoms with Gasteiger partial charge in [0.25, 0.3) is 0 Å². The largest absolute Gasteiger partial charge is 0.394 e. The van der Waals surface area contributed by atoms with Crippen LogP contribution in [0.2, 0.25) is 0 Å². The highest BCUT2D eigenvalue weighted by atomic mass is 16.7. The maximum absolute atomic E-state index is 9.68. The van der Waals surface area contributed by atoms with Gasteiger partial charge in [0, 0.05) is 6.61 Å². The van der Waals surface area contributed by atoms with Crippen molar-refractivity contribution in [1.29, 1.82) is 0 Å². The Labute approximate surface area is 107 Å². The van der Waals surface area contributed by atoms with Gasteiger partial charge in [-0.15, -0.1) is 0 Å². The lowest BCUT2D eigenvalue weighted by atomic mass is 9.99. The molecule has 1 aliphatic heterocycles. The van der Waals surface area contributed by atoms with Crippen LogP contribution >= 0.6 is 0 Å². The Morgan fingerprint density at radius 1 is 1.00 bits per heavy atom. The van der Waals surface area contributed by atoms with Crippen molar-refractivity contribution in [3.05, 3.63) is 0 Å². The molecule has 1 rings (SSSR count). The average Bonchev–Trinajstić information content (AvgIpc) is 2.38. The third-order valence-corrected chi connectivity index (χ3v) is 3.13. The second-order valence-corrected chi connectivity index (χ2v) is 4.63. The fourth-order valence-electron chi connectivity index (χ4n) is 1.93. The fraction of sp³-hybridized carbons (Fsp3) is 1.00. The lowest BCUT2D eigenvalue weighted by Crippen LogP contribution is -2.59. The molecule has 0 aliphatic carbocycles. The molecule has 0 amide bonds. The number of ether oxygens (including phenoxy) is 2. The molecule has 108 valence electrons. The Kier molecular flexibility index (Phi) is 7.06. The van der Waals surface area contributed by atoms with Crippen LogP contribution in [0, 0.1) is 0 Å². The van der Waals surface area contributed by atoms with Crippen LogP contribution in [0.5, 0.6) is 0 Å². The molecule has 6 nitrogen and oxygen atoms in total. The number of hydrogen-bond donors (Lipinski definition) is 4. The third-order valence-electron chi connectivity index (χ3n) is 3.13. The van der Waals surface area contributed by atoms with Crippen molar-refractivity contribution in [3.8, 4) is 0 Å². The summed E-state index contributed by atoms with van der Waals surface area (Å²) in [4.78, 5) is 0. The van der Waals surface area contributed by atoms with Gasteiger partial charge in [0.05, 0.1) is 6.61 Å². The minimum absolute atomic E-state index is 0.419. The van der Waals surface area contributed by atoms with Crippen LogP contribution in [0.3, 0.4) is 0 Å². The van der Waals surface area contributed by atoms with E-state index in [0.717, 1.165) is 25.7 Å². The highest BCUT2D eigenvalue weighted by Crippen LogP contribution is 2.22. The van der Waals surface area contributed by atoms with Gasteiger partial charge in [-0.05, 0) is 6.42 Å². The van der Waals surface area contributed by atoms with Gasteiger partial charge >= 0.3 is 0 Å². The standard InChI is InChI=1S/C12H24O6/c1-2-3-4-5-6-17-12-11(16)10(15)9(14)8(7-13)18-12/h8-16H,2-7H2,1H3/t8-,9+,10-,11+,12-/m1/s1. The Bertz CT molecular complexity index is 223. The molecule has 0 aromatic rings. The predicted octanol–water partition coefficient (Wildman–Crippen LogP) is -0.617. The molecular weight excluding hydrogens is 240 g/mol. The van der Waals surface area contributed by atoms with E-state index in [9.17, 15) is 15.3 Å². The molecule has 0 aromatic carbocycles. The Morgan fingerprint density at radius 3 is 2.33 bits per heavy atom. The van der Waals surface area contributed by atoms with Crippen LogP contribution in [0.25, 0.3) is 0 Å². The first-order chi connectivity index (χ1) is 8.61. The van der Waals surface area contributed by atoms with E-state index in [1.165, 1.54) is 0 Å². The summed E-state index contributed by atoms with van der Waals surface area (Å²) in [6, 6.07) is 0. The number of aliphatic hydroxyl groups excluding tert-OH is 4. The van der Waals surface area contributed by atoms with Gasteiger partial charge < -0.3 is 29.9 Å². The van der Waals surface area contributed by atoms with Crippen LogP contribution in [0.1, 0.15) is 32.6 Å². The lowest BCUT2D eigenvalue weighted by Gasteiger charge is -2.39. The Hall–Kier alpha value is -0.240. The first kappa shape index (κ1) is 15.8. The summed E-state index contributed by atoms with van der Waals surface area (Å²) in [7, 11) is 0. The zero-order valence-electron chi connectivity index (χ0n) is 10.7. The first-order valence-electron chi connectivity index (χ1n) is 6.54. The Morgan fingerprint density at radius 2 is 1.72 bits per heavy atom. The molecular formula is C12H24O6. The summed E-state index contributed by atoms with van der Waals surface area (Å²) in [5, 5.41) is 37.8. The van der Waals surface area contributed by atoms with Gasteiger partial charge in [0.15, 0.2) is 6.29 Å². The maximum Gasteiger partial charge on any atom is 0.186 e. The zero-order chi connectivity index (χ0) is 13.5. The Balaban J connectivity index is 2.35.